The smallest absolute Gasteiger partial charge is 0.259 e. The molecule has 12 heteroatoms. The third-order valence-corrected chi connectivity index (χ3v) is 11.7. The number of nitrogens with one attached hydrogen (secondary N) is 1. The number of ether oxygens (including phenoxy) is 2. The highest BCUT2D eigenvalue weighted by molar-refractivity contribution is 7.90. The van der Waals surface area contributed by atoms with Crippen molar-refractivity contribution in [3.63, 3.8) is 0 Å². The van der Waals surface area contributed by atoms with Crippen LogP contribution in [0.2, 0.25) is 0 Å². The number of allylic oxidation sites excluding steroid dienone is 1. The molecule has 2 aliphatic carbocycles. The Bertz CT molecular complexity index is 1840. The molecule has 2 saturated carbocycles. The Morgan fingerprint density at radius 3 is 2.57 bits per heavy atom. The van der Waals surface area contributed by atoms with Gasteiger partial charge in [0, 0.05) is 41.8 Å². The van der Waals surface area contributed by atoms with Crippen LogP contribution >= 0.6 is 0 Å². The SMILES string of the molecule is COc1ccc2c(OC3CC4C(=O)N(S(=O)(=O)C5CC5)C5CC5C=CCCCC(=O)NCC(=O)N4C3)cc(-c3ccccc3)nc2c1. The summed E-state index contributed by atoms with van der Waals surface area (Å²) < 4.78 is 40.6. The molecule has 11 nitrogen and oxygen atoms in total. The number of amides is 3. The minimum absolute atomic E-state index is 0.0526. The van der Waals surface area contributed by atoms with Crippen LogP contribution in [0.25, 0.3) is 22.2 Å². The number of benzene rings is 2. The first kappa shape index (κ1) is 31.2. The average Bonchev–Trinajstić information content (AvgIpc) is 4.01. The molecule has 2 aromatic carbocycles. The molecule has 47 heavy (non-hydrogen) atoms. The molecule has 1 saturated heterocycles. The van der Waals surface area contributed by atoms with Crippen molar-refractivity contribution >= 4 is 38.6 Å². The molecule has 4 aliphatic rings. The monoisotopic (exact) mass is 658 g/mol. The van der Waals surface area contributed by atoms with Crippen molar-refractivity contribution in [2.45, 2.75) is 68.4 Å². The van der Waals surface area contributed by atoms with Gasteiger partial charge in [-0.2, -0.15) is 0 Å². The van der Waals surface area contributed by atoms with E-state index in [4.69, 9.17) is 14.5 Å². The third kappa shape index (κ3) is 6.43. The molecule has 3 fully saturated rings. The lowest BCUT2D eigenvalue weighted by atomic mass is 10.1. The summed E-state index contributed by atoms with van der Waals surface area (Å²) in [5, 5.41) is 2.83. The van der Waals surface area contributed by atoms with Gasteiger partial charge in [-0.3, -0.25) is 14.4 Å². The molecule has 0 bridgehead atoms. The van der Waals surface area contributed by atoms with E-state index in [9.17, 15) is 22.8 Å². The Morgan fingerprint density at radius 2 is 1.81 bits per heavy atom. The summed E-state index contributed by atoms with van der Waals surface area (Å²) in [4.78, 5) is 46.7. The second-order valence-electron chi connectivity index (χ2n) is 12.7. The summed E-state index contributed by atoms with van der Waals surface area (Å²) in [5.74, 6) is -0.232. The number of nitrogens with zero attached hydrogens (tertiary/aromatic N) is 3. The highest BCUT2D eigenvalue weighted by atomic mass is 32.2. The molecule has 3 heterocycles. The molecule has 1 aromatic heterocycles. The summed E-state index contributed by atoms with van der Waals surface area (Å²) in [5.41, 5.74) is 2.22. The summed E-state index contributed by atoms with van der Waals surface area (Å²) >= 11 is 0. The van der Waals surface area contributed by atoms with E-state index in [-0.39, 0.29) is 37.8 Å². The van der Waals surface area contributed by atoms with Crippen LogP contribution in [0.4, 0.5) is 0 Å². The van der Waals surface area contributed by atoms with Gasteiger partial charge in [0.2, 0.25) is 21.8 Å². The predicted molar refractivity (Wildman–Crippen MR) is 175 cm³/mol. The van der Waals surface area contributed by atoms with Gasteiger partial charge < -0.3 is 19.7 Å². The van der Waals surface area contributed by atoms with Crippen molar-refractivity contribution in [3.8, 4) is 22.8 Å². The number of pyridine rings is 1. The van der Waals surface area contributed by atoms with E-state index >= 15 is 0 Å². The fourth-order valence-electron chi connectivity index (χ4n) is 6.57. The maximum absolute atomic E-state index is 14.4. The molecule has 246 valence electrons. The van der Waals surface area contributed by atoms with E-state index in [1.54, 1.807) is 7.11 Å². The molecule has 4 unspecified atom stereocenters. The van der Waals surface area contributed by atoms with Crippen LogP contribution < -0.4 is 14.8 Å². The van der Waals surface area contributed by atoms with Gasteiger partial charge in [-0.25, -0.2) is 17.7 Å². The maximum atomic E-state index is 14.4. The normalized spacial score (nSPS) is 25.4. The first-order valence-electron chi connectivity index (χ1n) is 16.2. The van der Waals surface area contributed by atoms with E-state index < -0.39 is 45.3 Å². The minimum Gasteiger partial charge on any atom is -0.497 e. The van der Waals surface area contributed by atoms with Crippen LogP contribution in [0, 0.1) is 5.92 Å². The molecule has 3 amide bonds. The third-order valence-electron chi connectivity index (χ3n) is 9.35. The summed E-state index contributed by atoms with van der Waals surface area (Å²) in [6.07, 6.45) is 6.52. The lowest BCUT2D eigenvalue weighted by Gasteiger charge is -2.30. The summed E-state index contributed by atoms with van der Waals surface area (Å²) in [6, 6.07) is 15.5. The number of sulfonamides is 1. The molecule has 7 rings (SSSR count). The van der Waals surface area contributed by atoms with Gasteiger partial charge in [0.15, 0.2) is 0 Å². The number of hydrogen-bond acceptors (Lipinski definition) is 8. The van der Waals surface area contributed by atoms with E-state index in [1.165, 1.54) is 4.90 Å². The topological polar surface area (TPSA) is 135 Å². The second-order valence-corrected chi connectivity index (χ2v) is 14.8. The fourth-order valence-corrected chi connectivity index (χ4v) is 8.62. The van der Waals surface area contributed by atoms with Gasteiger partial charge in [0.25, 0.3) is 5.91 Å². The van der Waals surface area contributed by atoms with Crippen molar-refractivity contribution < 1.29 is 32.3 Å². The second kappa shape index (κ2) is 12.6. The maximum Gasteiger partial charge on any atom is 0.259 e. The Labute approximate surface area is 274 Å². The zero-order valence-corrected chi connectivity index (χ0v) is 27.0. The molecular weight excluding hydrogens is 620 g/mol. The highest BCUT2D eigenvalue weighted by Crippen LogP contribution is 2.44. The number of aromatic nitrogens is 1. The van der Waals surface area contributed by atoms with Gasteiger partial charge >= 0.3 is 0 Å². The minimum atomic E-state index is -3.89. The van der Waals surface area contributed by atoms with Crippen LogP contribution in [0.3, 0.4) is 0 Å². The quantitative estimate of drug-likeness (QED) is 0.395. The Morgan fingerprint density at radius 1 is 1.00 bits per heavy atom. The van der Waals surface area contributed by atoms with Crippen molar-refractivity contribution in [1.29, 1.82) is 0 Å². The van der Waals surface area contributed by atoms with E-state index in [1.807, 2.05) is 66.7 Å². The average molecular weight is 659 g/mol. The molecule has 1 N–H and O–H groups in total. The van der Waals surface area contributed by atoms with Gasteiger partial charge in [-0.15, -0.1) is 0 Å². The van der Waals surface area contributed by atoms with E-state index in [0.717, 1.165) is 15.3 Å². The standard InChI is InChI=1S/C35H38N4O7S/c1-45-24-12-15-27-29(17-24)37-28(22-8-4-2-5-9-22)19-32(27)46-25-18-31-35(42)39(47(43,44)26-13-14-26)30-16-23(30)10-6-3-7-11-33(40)36-20-34(41)38(31)21-25/h2,4-6,8-10,12,15,17,19,23,25-26,30-31H,3,7,11,13-14,16,18,20-21H2,1H3,(H,36,40). The van der Waals surface area contributed by atoms with Crippen LogP contribution in [-0.2, 0) is 24.4 Å². The molecule has 0 radical (unpaired) electrons. The first-order chi connectivity index (χ1) is 22.7. The fraction of sp³-hybridized carbons (Fsp3) is 0.429. The number of hydrogen-bond donors (Lipinski definition) is 1. The lowest BCUT2D eigenvalue weighted by molar-refractivity contribution is -0.141. The van der Waals surface area contributed by atoms with Crippen LogP contribution in [0.5, 0.6) is 11.5 Å². The lowest BCUT2D eigenvalue weighted by Crippen LogP contribution is -2.53. The van der Waals surface area contributed by atoms with Crippen LogP contribution in [0.1, 0.15) is 44.9 Å². The number of carbonyl (C=O) groups excluding carboxylic acids is 3. The van der Waals surface area contributed by atoms with Crippen molar-refractivity contribution in [1.82, 2.24) is 19.5 Å². The molecule has 4 atom stereocenters. The largest absolute Gasteiger partial charge is 0.497 e. The van der Waals surface area contributed by atoms with Gasteiger partial charge in [0.05, 0.1) is 42.7 Å². The Kier molecular flexibility index (Phi) is 8.37. The molecule has 0 spiro atoms. The van der Waals surface area contributed by atoms with Crippen LogP contribution in [-0.4, -0.2) is 84.0 Å². The predicted octanol–water partition coefficient (Wildman–Crippen LogP) is 3.82. The number of methoxy groups -OCH3 is 1. The van der Waals surface area contributed by atoms with Crippen molar-refractivity contribution in [3.05, 3.63) is 66.7 Å². The molecular formula is C35H38N4O7S. The number of carbonyl (C=O) groups is 3. The molecule has 3 aromatic rings. The molecule has 2 aliphatic heterocycles. The summed E-state index contributed by atoms with van der Waals surface area (Å²) in [6.45, 7) is -0.236. The Balaban J connectivity index is 1.23. The zero-order chi connectivity index (χ0) is 32.7. The zero-order valence-electron chi connectivity index (χ0n) is 26.2. The van der Waals surface area contributed by atoms with Gasteiger partial charge in [-0.05, 0) is 44.2 Å². The number of rotatable bonds is 6. The highest BCUT2D eigenvalue weighted by Gasteiger charge is 2.55. The van der Waals surface area contributed by atoms with Crippen molar-refractivity contribution in [2.24, 2.45) is 5.92 Å². The number of fused-ring (bicyclic) bond motifs is 3. The first-order valence-corrected chi connectivity index (χ1v) is 17.7. The van der Waals surface area contributed by atoms with E-state index in [0.29, 0.717) is 54.8 Å². The van der Waals surface area contributed by atoms with Crippen LogP contribution in [0.15, 0.2) is 66.7 Å². The summed E-state index contributed by atoms with van der Waals surface area (Å²) in [7, 11) is -2.30. The van der Waals surface area contributed by atoms with E-state index in [2.05, 4.69) is 5.32 Å². The van der Waals surface area contributed by atoms with Gasteiger partial charge in [-0.1, -0.05) is 42.5 Å². The Hall–Kier alpha value is -4.45. The van der Waals surface area contributed by atoms with Gasteiger partial charge in [0.1, 0.15) is 23.6 Å². The van der Waals surface area contributed by atoms with Crippen molar-refractivity contribution in [2.75, 3.05) is 20.2 Å².